The number of halogens is 1. The standard InChI is InChI=1S/C14H25ClN4O2/c1-9(2)19(10(3)4)7-8-20-13-16-12(15)17-14(18-13)21-11(5)6/h9-11H,7-8H2,1-6H3. The molecule has 0 radical (unpaired) electrons. The number of ether oxygens (including phenoxy) is 2. The van der Waals surface area contributed by atoms with Crippen LogP contribution in [0.3, 0.4) is 0 Å². The lowest BCUT2D eigenvalue weighted by Crippen LogP contribution is -2.39. The Balaban J connectivity index is 2.60. The van der Waals surface area contributed by atoms with Gasteiger partial charge in [-0.15, -0.1) is 4.98 Å². The van der Waals surface area contributed by atoms with Gasteiger partial charge < -0.3 is 9.47 Å². The molecule has 120 valence electrons. The van der Waals surface area contributed by atoms with Crippen molar-refractivity contribution in [3.8, 4) is 12.0 Å². The molecule has 0 N–H and O–H groups in total. The van der Waals surface area contributed by atoms with E-state index in [-0.39, 0.29) is 23.4 Å². The molecule has 1 rings (SSSR count). The molecule has 1 aromatic rings. The summed E-state index contributed by atoms with van der Waals surface area (Å²) in [7, 11) is 0. The summed E-state index contributed by atoms with van der Waals surface area (Å²) in [5.41, 5.74) is 0. The third kappa shape index (κ3) is 6.44. The van der Waals surface area contributed by atoms with E-state index in [1.165, 1.54) is 0 Å². The summed E-state index contributed by atoms with van der Waals surface area (Å²) in [6.07, 6.45) is -0.0336. The number of hydrogen-bond donors (Lipinski definition) is 0. The number of aromatic nitrogens is 3. The summed E-state index contributed by atoms with van der Waals surface area (Å²) >= 11 is 5.84. The molecule has 0 aliphatic heterocycles. The normalized spacial score (nSPS) is 11.8. The van der Waals surface area contributed by atoms with Crippen LogP contribution in [0.4, 0.5) is 0 Å². The minimum absolute atomic E-state index is 0.0336. The summed E-state index contributed by atoms with van der Waals surface area (Å²) in [6, 6.07) is 1.29. The second kappa shape index (κ2) is 8.34. The van der Waals surface area contributed by atoms with Gasteiger partial charge in [0.2, 0.25) is 5.28 Å². The monoisotopic (exact) mass is 316 g/mol. The maximum Gasteiger partial charge on any atom is 0.324 e. The molecule has 0 unspecified atom stereocenters. The van der Waals surface area contributed by atoms with E-state index in [4.69, 9.17) is 21.1 Å². The van der Waals surface area contributed by atoms with Gasteiger partial charge >= 0.3 is 12.0 Å². The Hall–Kier alpha value is -1.14. The summed E-state index contributed by atoms with van der Waals surface area (Å²) < 4.78 is 11.0. The quantitative estimate of drug-likeness (QED) is 0.735. The lowest BCUT2D eigenvalue weighted by atomic mass is 10.2. The zero-order valence-electron chi connectivity index (χ0n) is 13.6. The lowest BCUT2D eigenvalue weighted by molar-refractivity contribution is 0.136. The Morgan fingerprint density at radius 1 is 0.952 bits per heavy atom. The van der Waals surface area contributed by atoms with Crippen LogP contribution in [-0.4, -0.2) is 51.2 Å². The van der Waals surface area contributed by atoms with Crippen molar-refractivity contribution in [3.63, 3.8) is 0 Å². The van der Waals surface area contributed by atoms with Crippen molar-refractivity contribution in [1.29, 1.82) is 0 Å². The molecule has 0 atom stereocenters. The average molecular weight is 317 g/mol. The lowest BCUT2D eigenvalue weighted by Gasteiger charge is -2.30. The van der Waals surface area contributed by atoms with Crippen LogP contribution in [0.2, 0.25) is 5.28 Å². The average Bonchev–Trinajstić information content (AvgIpc) is 2.31. The Morgan fingerprint density at radius 3 is 2.05 bits per heavy atom. The van der Waals surface area contributed by atoms with Crippen molar-refractivity contribution in [3.05, 3.63) is 5.28 Å². The molecular formula is C14H25ClN4O2. The summed E-state index contributed by atoms with van der Waals surface area (Å²) in [6.45, 7) is 13.7. The van der Waals surface area contributed by atoms with E-state index in [1.807, 2.05) is 13.8 Å². The van der Waals surface area contributed by atoms with Crippen LogP contribution in [0, 0.1) is 0 Å². The highest BCUT2D eigenvalue weighted by Gasteiger charge is 2.14. The van der Waals surface area contributed by atoms with Gasteiger partial charge in [-0.05, 0) is 53.1 Å². The van der Waals surface area contributed by atoms with Gasteiger partial charge in [0.25, 0.3) is 0 Å². The second-order valence-electron chi connectivity index (χ2n) is 5.61. The maximum atomic E-state index is 5.84. The molecule has 0 amide bonds. The Kier molecular flexibility index (Phi) is 7.11. The number of nitrogens with zero attached hydrogens (tertiary/aromatic N) is 4. The molecule has 1 aromatic heterocycles. The SMILES string of the molecule is CC(C)Oc1nc(Cl)nc(OCCN(C(C)C)C(C)C)n1. The van der Waals surface area contributed by atoms with Gasteiger partial charge in [-0.25, -0.2) is 0 Å². The Morgan fingerprint density at radius 2 is 1.52 bits per heavy atom. The first kappa shape index (κ1) is 17.9. The number of hydrogen-bond acceptors (Lipinski definition) is 6. The Labute approximate surface area is 131 Å². The first-order valence-corrected chi connectivity index (χ1v) is 7.64. The van der Waals surface area contributed by atoms with Gasteiger partial charge in [0.15, 0.2) is 0 Å². The van der Waals surface area contributed by atoms with Gasteiger partial charge in [-0.2, -0.15) is 9.97 Å². The van der Waals surface area contributed by atoms with Gasteiger partial charge in [0.1, 0.15) is 6.61 Å². The van der Waals surface area contributed by atoms with E-state index in [9.17, 15) is 0 Å². The van der Waals surface area contributed by atoms with Crippen LogP contribution in [0.15, 0.2) is 0 Å². The molecule has 0 saturated heterocycles. The fraction of sp³-hybridized carbons (Fsp3) is 0.786. The molecule has 0 bridgehead atoms. The van der Waals surface area contributed by atoms with Gasteiger partial charge in [0.05, 0.1) is 6.10 Å². The van der Waals surface area contributed by atoms with Crippen molar-refractivity contribution in [2.45, 2.75) is 59.7 Å². The highest BCUT2D eigenvalue weighted by molar-refractivity contribution is 6.28. The molecular weight excluding hydrogens is 292 g/mol. The van der Waals surface area contributed by atoms with E-state index < -0.39 is 0 Å². The topological polar surface area (TPSA) is 60.4 Å². The van der Waals surface area contributed by atoms with Crippen molar-refractivity contribution < 1.29 is 9.47 Å². The Bertz CT molecular complexity index is 433. The van der Waals surface area contributed by atoms with Crippen molar-refractivity contribution in [2.24, 2.45) is 0 Å². The maximum absolute atomic E-state index is 5.84. The van der Waals surface area contributed by atoms with Crippen LogP contribution in [0.5, 0.6) is 12.0 Å². The van der Waals surface area contributed by atoms with E-state index >= 15 is 0 Å². The minimum Gasteiger partial charge on any atom is -0.462 e. The molecule has 0 aliphatic carbocycles. The van der Waals surface area contributed by atoms with Crippen LogP contribution in [-0.2, 0) is 0 Å². The molecule has 21 heavy (non-hydrogen) atoms. The third-order valence-corrected chi connectivity index (χ3v) is 2.98. The highest BCUT2D eigenvalue weighted by atomic mass is 35.5. The number of rotatable bonds is 8. The summed E-state index contributed by atoms with van der Waals surface area (Å²) in [4.78, 5) is 14.3. The third-order valence-electron chi connectivity index (χ3n) is 2.82. The van der Waals surface area contributed by atoms with E-state index in [1.54, 1.807) is 0 Å². The van der Waals surface area contributed by atoms with Gasteiger partial charge in [-0.3, -0.25) is 4.90 Å². The van der Waals surface area contributed by atoms with Crippen molar-refractivity contribution in [2.75, 3.05) is 13.2 Å². The molecule has 7 heteroatoms. The second-order valence-corrected chi connectivity index (χ2v) is 5.95. The smallest absolute Gasteiger partial charge is 0.324 e. The molecule has 0 spiro atoms. The summed E-state index contributed by atoms with van der Waals surface area (Å²) in [5.74, 6) is 0. The predicted octanol–water partition coefficient (Wildman–Crippen LogP) is 2.81. The van der Waals surface area contributed by atoms with Crippen LogP contribution in [0.25, 0.3) is 0 Å². The van der Waals surface area contributed by atoms with Crippen LogP contribution >= 0.6 is 11.6 Å². The highest BCUT2D eigenvalue weighted by Crippen LogP contribution is 2.14. The van der Waals surface area contributed by atoms with Gasteiger partial charge in [0, 0.05) is 18.6 Å². The molecule has 6 nitrogen and oxygen atoms in total. The van der Waals surface area contributed by atoms with E-state index in [0.29, 0.717) is 18.7 Å². The first-order chi connectivity index (χ1) is 9.79. The van der Waals surface area contributed by atoms with Crippen molar-refractivity contribution >= 4 is 11.6 Å². The largest absolute Gasteiger partial charge is 0.462 e. The fourth-order valence-corrected chi connectivity index (χ4v) is 2.14. The molecule has 1 heterocycles. The minimum atomic E-state index is -0.0336. The van der Waals surface area contributed by atoms with Gasteiger partial charge in [-0.1, -0.05) is 0 Å². The van der Waals surface area contributed by atoms with E-state index in [2.05, 4.69) is 47.5 Å². The predicted molar refractivity (Wildman–Crippen MR) is 83.1 cm³/mol. The zero-order chi connectivity index (χ0) is 16.0. The molecule has 0 aliphatic rings. The molecule has 0 saturated carbocycles. The molecule has 0 fully saturated rings. The van der Waals surface area contributed by atoms with Crippen molar-refractivity contribution in [1.82, 2.24) is 19.9 Å². The summed E-state index contributed by atoms with van der Waals surface area (Å²) in [5, 5.41) is 0.0697. The van der Waals surface area contributed by atoms with Crippen LogP contribution < -0.4 is 9.47 Å². The molecule has 0 aromatic carbocycles. The van der Waals surface area contributed by atoms with E-state index in [0.717, 1.165) is 6.54 Å². The van der Waals surface area contributed by atoms with Crippen LogP contribution in [0.1, 0.15) is 41.5 Å². The first-order valence-electron chi connectivity index (χ1n) is 7.26. The zero-order valence-corrected chi connectivity index (χ0v) is 14.4. The fourth-order valence-electron chi connectivity index (χ4n) is 2.00.